The largest absolute Gasteiger partial charge is 0.469 e. The molecule has 0 aromatic carbocycles. The summed E-state index contributed by atoms with van der Waals surface area (Å²) in [4.78, 5) is 14.2. The first-order valence-corrected chi connectivity index (χ1v) is 6.26. The van der Waals surface area contributed by atoms with E-state index in [-0.39, 0.29) is 5.91 Å². The van der Waals surface area contributed by atoms with Crippen molar-refractivity contribution in [3.63, 3.8) is 0 Å². The first-order chi connectivity index (χ1) is 8.22. The average molecular weight is 236 g/mol. The molecule has 2 rings (SSSR count). The summed E-state index contributed by atoms with van der Waals surface area (Å²) >= 11 is 0. The number of nitrogens with zero attached hydrogens (tertiary/aromatic N) is 1. The standard InChI is InChI=1S/C13H20N2O2/c1-10-12(5-8-17-10)13(16)15-7-2-3-11(9-15)4-6-14/h5,8,11H,2-4,6-7,9,14H2,1H3. The van der Waals surface area contributed by atoms with E-state index >= 15 is 0 Å². The third-order valence-electron chi connectivity index (χ3n) is 3.47. The number of hydrogen-bond donors (Lipinski definition) is 1. The fourth-order valence-electron chi connectivity index (χ4n) is 2.50. The van der Waals surface area contributed by atoms with Gasteiger partial charge in [-0.2, -0.15) is 0 Å². The molecular formula is C13H20N2O2. The molecule has 2 N–H and O–H groups in total. The SMILES string of the molecule is Cc1occc1C(=O)N1CCCC(CCN)C1. The number of likely N-dealkylation sites (tertiary alicyclic amines) is 1. The van der Waals surface area contributed by atoms with Gasteiger partial charge in [0, 0.05) is 13.1 Å². The number of piperidine rings is 1. The molecule has 1 aliphatic heterocycles. The molecule has 94 valence electrons. The van der Waals surface area contributed by atoms with Crippen LogP contribution in [-0.4, -0.2) is 30.4 Å². The highest BCUT2D eigenvalue weighted by Gasteiger charge is 2.25. The van der Waals surface area contributed by atoms with E-state index in [1.54, 1.807) is 12.3 Å². The normalized spacial score (nSPS) is 20.6. The highest BCUT2D eigenvalue weighted by atomic mass is 16.3. The summed E-state index contributed by atoms with van der Waals surface area (Å²) in [6, 6.07) is 1.75. The van der Waals surface area contributed by atoms with E-state index in [4.69, 9.17) is 10.2 Å². The quantitative estimate of drug-likeness (QED) is 0.870. The van der Waals surface area contributed by atoms with Crippen LogP contribution in [-0.2, 0) is 0 Å². The molecule has 2 heterocycles. The second kappa shape index (κ2) is 5.36. The van der Waals surface area contributed by atoms with Gasteiger partial charge in [0.05, 0.1) is 11.8 Å². The maximum Gasteiger partial charge on any atom is 0.257 e. The lowest BCUT2D eigenvalue weighted by molar-refractivity contribution is 0.0668. The Bertz CT molecular complexity index is 385. The zero-order valence-corrected chi connectivity index (χ0v) is 10.3. The van der Waals surface area contributed by atoms with Crippen molar-refractivity contribution in [1.82, 2.24) is 4.90 Å². The smallest absolute Gasteiger partial charge is 0.257 e. The minimum atomic E-state index is 0.0953. The second-order valence-corrected chi connectivity index (χ2v) is 4.73. The predicted molar refractivity (Wildman–Crippen MR) is 65.7 cm³/mol. The Morgan fingerprint density at radius 3 is 3.12 bits per heavy atom. The maximum absolute atomic E-state index is 12.3. The number of carbonyl (C=O) groups is 1. The van der Waals surface area contributed by atoms with Crippen LogP contribution in [0.15, 0.2) is 16.7 Å². The van der Waals surface area contributed by atoms with Crippen molar-refractivity contribution in [3.05, 3.63) is 23.7 Å². The number of amides is 1. The van der Waals surface area contributed by atoms with Gasteiger partial charge in [-0.25, -0.2) is 0 Å². The Kier molecular flexibility index (Phi) is 3.84. The van der Waals surface area contributed by atoms with Gasteiger partial charge in [0.15, 0.2) is 0 Å². The van der Waals surface area contributed by atoms with E-state index in [0.717, 1.165) is 25.9 Å². The van der Waals surface area contributed by atoms with Crippen LogP contribution >= 0.6 is 0 Å². The summed E-state index contributed by atoms with van der Waals surface area (Å²) in [5.41, 5.74) is 6.27. The van der Waals surface area contributed by atoms with Crippen LogP contribution in [0, 0.1) is 12.8 Å². The molecule has 4 nitrogen and oxygen atoms in total. The van der Waals surface area contributed by atoms with E-state index in [1.807, 2.05) is 11.8 Å². The Morgan fingerprint density at radius 1 is 1.65 bits per heavy atom. The molecule has 0 aliphatic carbocycles. The Balaban J connectivity index is 2.02. The van der Waals surface area contributed by atoms with Crippen molar-refractivity contribution in [2.45, 2.75) is 26.2 Å². The molecule has 1 atom stereocenters. The summed E-state index contributed by atoms with van der Waals surface area (Å²) in [6.07, 6.45) is 4.84. The van der Waals surface area contributed by atoms with Gasteiger partial charge >= 0.3 is 0 Å². The maximum atomic E-state index is 12.3. The number of rotatable bonds is 3. The van der Waals surface area contributed by atoms with Crippen LogP contribution in [0.2, 0.25) is 0 Å². The van der Waals surface area contributed by atoms with Crippen LogP contribution in [0.3, 0.4) is 0 Å². The van der Waals surface area contributed by atoms with Crippen LogP contribution in [0.25, 0.3) is 0 Å². The second-order valence-electron chi connectivity index (χ2n) is 4.73. The molecule has 1 unspecified atom stereocenters. The predicted octanol–water partition coefficient (Wildman–Crippen LogP) is 1.79. The Hall–Kier alpha value is -1.29. The van der Waals surface area contributed by atoms with Gasteiger partial charge in [-0.3, -0.25) is 4.79 Å². The van der Waals surface area contributed by atoms with Gasteiger partial charge in [-0.1, -0.05) is 0 Å². The molecule has 1 aliphatic rings. The molecule has 0 spiro atoms. The molecule has 0 bridgehead atoms. The third-order valence-corrected chi connectivity index (χ3v) is 3.47. The summed E-state index contributed by atoms with van der Waals surface area (Å²) in [5, 5.41) is 0. The molecule has 4 heteroatoms. The molecule has 1 aromatic heterocycles. The van der Waals surface area contributed by atoms with Gasteiger partial charge in [0.25, 0.3) is 5.91 Å². The Labute approximate surface area is 102 Å². The molecule has 1 fully saturated rings. The first kappa shape index (κ1) is 12.2. The topological polar surface area (TPSA) is 59.5 Å². The minimum Gasteiger partial charge on any atom is -0.469 e. The van der Waals surface area contributed by atoms with Gasteiger partial charge in [-0.05, 0) is 44.7 Å². The lowest BCUT2D eigenvalue weighted by Gasteiger charge is -2.32. The number of carbonyl (C=O) groups excluding carboxylic acids is 1. The van der Waals surface area contributed by atoms with Crippen LogP contribution in [0.4, 0.5) is 0 Å². The van der Waals surface area contributed by atoms with Crippen molar-refractivity contribution in [2.24, 2.45) is 11.7 Å². The fourth-order valence-corrected chi connectivity index (χ4v) is 2.50. The van der Waals surface area contributed by atoms with E-state index in [1.165, 1.54) is 6.42 Å². The van der Waals surface area contributed by atoms with Crippen molar-refractivity contribution >= 4 is 5.91 Å². The lowest BCUT2D eigenvalue weighted by atomic mass is 9.94. The number of nitrogens with two attached hydrogens (primary N) is 1. The molecular weight excluding hydrogens is 216 g/mol. The van der Waals surface area contributed by atoms with Crippen molar-refractivity contribution in [1.29, 1.82) is 0 Å². The molecule has 1 amide bonds. The monoisotopic (exact) mass is 236 g/mol. The highest BCUT2D eigenvalue weighted by Crippen LogP contribution is 2.21. The lowest BCUT2D eigenvalue weighted by Crippen LogP contribution is -2.40. The van der Waals surface area contributed by atoms with E-state index in [9.17, 15) is 4.79 Å². The van der Waals surface area contributed by atoms with Crippen molar-refractivity contribution in [3.8, 4) is 0 Å². The minimum absolute atomic E-state index is 0.0953. The number of hydrogen-bond acceptors (Lipinski definition) is 3. The molecule has 1 saturated heterocycles. The highest BCUT2D eigenvalue weighted by molar-refractivity contribution is 5.95. The van der Waals surface area contributed by atoms with Gasteiger partial charge in [0.2, 0.25) is 0 Å². The summed E-state index contributed by atoms with van der Waals surface area (Å²) in [6.45, 7) is 4.22. The number of aryl methyl sites for hydroxylation is 1. The zero-order chi connectivity index (χ0) is 12.3. The molecule has 0 saturated carbocycles. The van der Waals surface area contributed by atoms with Crippen LogP contribution < -0.4 is 5.73 Å². The molecule has 1 aromatic rings. The molecule has 17 heavy (non-hydrogen) atoms. The summed E-state index contributed by atoms with van der Waals surface area (Å²) in [5.74, 6) is 1.36. The van der Waals surface area contributed by atoms with E-state index in [0.29, 0.717) is 23.8 Å². The fraction of sp³-hybridized carbons (Fsp3) is 0.615. The third kappa shape index (κ3) is 2.69. The van der Waals surface area contributed by atoms with Crippen LogP contribution in [0.1, 0.15) is 35.4 Å². The van der Waals surface area contributed by atoms with E-state index in [2.05, 4.69) is 0 Å². The van der Waals surface area contributed by atoms with Crippen LogP contribution in [0.5, 0.6) is 0 Å². The van der Waals surface area contributed by atoms with E-state index < -0.39 is 0 Å². The van der Waals surface area contributed by atoms with Crippen molar-refractivity contribution in [2.75, 3.05) is 19.6 Å². The first-order valence-electron chi connectivity index (χ1n) is 6.26. The van der Waals surface area contributed by atoms with Crippen molar-refractivity contribution < 1.29 is 9.21 Å². The number of furan rings is 1. The van der Waals surface area contributed by atoms with Gasteiger partial charge in [0.1, 0.15) is 5.76 Å². The summed E-state index contributed by atoms with van der Waals surface area (Å²) in [7, 11) is 0. The molecule has 0 radical (unpaired) electrons. The zero-order valence-electron chi connectivity index (χ0n) is 10.3. The average Bonchev–Trinajstić information content (AvgIpc) is 2.75. The Morgan fingerprint density at radius 2 is 2.47 bits per heavy atom. The van der Waals surface area contributed by atoms with Gasteiger partial charge in [-0.15, -0.1) is 0 Å². The van der Waals surface area contributed by atoms with Gasteiger partial charge < -0.3 is 15.1 Å². The summed E-state index contributed by atoms with van der Waals surface area (Å²) < 4.78 is 5.18.